The lowest BCUT2D eigenvalue weighted by Gasteiger charge is -2.32. The summed E-state index contributed by atoms with van der Waals surface area (Å²) in [5, 5.41) is 6.26. The van der Waals surface area contributed by atoms with Gasteiger partial charge in [0, 0.05) is 49.7 Å². The molecule has 26 heavy (non-hydrogen) atoms. The van der Waals surface area contributed by atoms with Gasteiger partial charge in [0.15, 0.2) is 10.9 Å². The van der Waals surface area contributed by atoms with Crippen LogP contribution in [0.25, 0.3) is 0 Å². The molecule has 1 fully saturated rings. The molecule has 1 saturated heterocycles. The van der Waals surface area contributed by atoms with Crippen molar-refractivity contribution in [1.29, 1.82) is 0 Å². The van der Waals surface area contributed by atoms with E-state index in [0.29, 0.717) is 5.92 Å². The fourth-order valence-electron chi connectivity index (χ4n) is 3.43. The first-order chi connectivity index (χ1) is 12.7. The summed E-state index contributed by atoms with van der Waals surface area (Å²) in [6, 6.07) is 0. The highest BCUT2D eigenvalue weighted by atomic mass is 32.1. The molecule has 4 heterocycles. The molecule has 0 radical (unpaired) electrons. The number of rotatable bonds is 5. The van der Waals surface area contributed by atoms with Gasteiger partial charge in [0.2, 0.25) is 0 Å². The molecule has 0 amide bonds. The van der Waals surface area contributed by atoms with Crippen LogP contribution in [0.3, 0.4) is 0 Å². The van der Waals surface area contributed by atoms with Crippen molar-refractivity contribution in [2.24, 2.45) is 7.05 Å². The van der Waals surface area contributed by atoms with Crippen LogP contribution in [0.1, 0.15) is 36.0 Å². The first-order valence-corrected chi connectivity index (χ1v) is 9.75. The molecule has 8 heteroatoms. The van der Waals surface area contributed by atoms with E-state index < -0.39 is 0 Å². The largest absolute Gasteiger partial charge is 0.337 e. The standard InChI is InChI=1S/C18H23N7S/c1-13-12-26-18(22-13)23-17-16(20-5-6-21-17)14-4-3-8-25(10-14)11-15-19-7-9-24(15)2/h5-7,9,12,14H,3-4,8,10-11H2,1-2H3,(H,21,22,23). The van der Waals surface area contributed by atoms with Crippen LogP contribution in [0.15, 0.2) is 30.2 Å². The zero-order valence-corrected chi connectivity index (χ0v) is 15.9. The Bertz CT molecular complexity index is 872. The summed E-state index contributed by atoms with van der Waals surface area (Å²) in [6.45, 7) is 4.93. The number of nitrogens with zero attached hydrogens (tertiary/aromatic N) is 6. The number of nitrogens with one attached hydrogen (secondary N) is 1. The molecule has 3 aromatic rings. The van der Waals surface area contributed by atoms with Crippen LogP contribution in [0, 0.1) is 6.92 Å². The fraction of sp³-hybridized carbons (Fsp3) is 0.444. The van der Waals surface area contributed by atoms with E-state index in [1.165, 1.54) is 0 Å². The molecule has 0 bridgehead atoms. The van der Waals surface area contributed by atoms with E-state index in [1.807, 2.05) is 31.7 Å². The van der Waals surface area contributed by atoms with Crippen LogP contribution >= 0.6 is 11.3 Å². The van der Waals surface area contributed by atoms with Crippen molar-refractivity contribution in [2.75, 3.05) is 18.4 Å². The van der Waals surface area contributed by atoms with E-state index in [2.05, 4.69) is 34.7 Å². The van der Waals surface area contributed by atoms with Gasteiger partial charge in [-0.05, 0) is 26.3 Å². The lowest BCUT2D eigenvalue weighted by molar-refractivity contribution is 0.193. The first-order valence-electron chi connectivity index (χ1n) is 8.87. The maximum absolute atomic E-state index is 4.66. The van der Waals surface area contributed by atoms with E-state index >= 15 is 0 Å². The molecule has 0 aromatic carbocycles. The average Bonchev–Trinajstić information content (AvgIpc) is 3.24. The Morgan fingerprint density at radius 1 is 1.23 bits per heavy atom. The highest BCUT2D eigenvalue weighted by Crippen LogP contribution is 2.31. The number of hydrogen-bond donors (Lipinski definition) is 1. The molecule has 1 unspecified atom stereocenters. The van der Waals surface area contributed by atoms with Crippen LogP contribution in [0.4, 0.5) is 10.9 Å². The minimum Gasteiger partial charge on any atom is -0.337 e. The Morgan fingerprint density at radius 2 is 2.12 bits per heavy atom. The van der Waals surface area contributed by atoms with Crippen LogP contribution < -0.4 is 5.32 Å². The molecule has 0 aliphatic carbocycles. The molecule has 1 atom stereocenters. The van der Waals surface area contributed by atoms with Gasteiger partial charge < -0.3 is 9.88 Å². The average molecular weight is 369 g/mol. The van der Waals surface area contributed by atoms with Crippen molar-refractivity contribution in [3.05, 3.63) is 47.4 Å². The number of aryl methyl sites for hydroxylation is 2. The molecular formula is C18H23N7S. The van der Waals surface area contributed by atoms with Crippen molar-refractivity contribution >= 4 is 22.3 Å². The van der Waals surface area contributed by atoms with E-state index in [4.69, 9.17) is 0 Å². The predicted molar refractivity (Wildman–Crippen MR) is 103 cm³/mol. The highest BCUT2D eigenvalue weighted by molar-refractivity contribution is 7.13. The van der Waals surface area contributed by atoms with E-state index in [9.17, 15) is 0 Å². The lowest BCUT2D eigenvalue weighted by Crippen LogP contribution is -2.35. The number of hydrogen-bond acceptors (Lipinski definition) is 7. The van der Waals surface area contributed by atoms with Crippen molar-refractivity contribution in [3.63, 3.8) is 0 Å². The Hall–Kier alpha value is -2.32. The smallest absolute Gasteiger partial charge is 0.188 e. The van der Waals surface area contributed by atoms with E-state index in [0.717, 1.165) is 60.6 Å². The Balaban J connectivity index is 1.50. The number of aromatic nitrogens is 5. The molecule has 0 spiro atoms. The monoisotopic (exact) mass is 369 g/mol. The Labute approximate surface area is 157 Å². The first kappa shape index (κ1) is 17.1. The van der Waals surface area contributed by atoms with E-state index in [-0.39, 0.29) is 0 Å². The number of anilines is 2. The van der Waals surface area contributed by atoms with Gasteiger partial charge in [0.25, 0.3) is 0 Å². The van der Waals surface area contributed by atoms with Gasteiger partial charge in [-0.1, -0.05) is 0 Å². The maximum Gasteiger partial charge on any atom is 0.188 e. The Morgan fingerprint density at radius 3 is 2.88 bits per heavy atom. The molecular weight excluding hydrogens is 346 g/mol. The van der Waals surface area contributed by atoms with Crippen LogP contribution in [0.5, 0.6) is 0 Å². The molecule has 7 nitrogen and oxygen atoms in total. The minimum absolute atomic E-state index is 0.362. The molecule has 1 N–H and O–H groups in total. The highest BCUT2D eigenvalue weighted by Gasteiger charge is 2.26. The molecule has 4 rings (SSSR count). The topological polar surface area (TPSA) is 71.8 Å². The van der Waals surface area contributed by atoms with Gasteiger partial charge in [-0.15, -0.1) is 11.3 Å². The third-order valence-electron chi connectivity index (χ3n) is 4.75. The third-order valence-corrected chi connectivity index (χ3v) is 5.62. The summed E-state index contributed by atoms with van der Waals surface area (Å²) >= 11 is 1.59. The second-order valence-electron chi connectivity index (χ2n) is 6.74. The number of likely N-dealkylation sites (tertiary alicyclic amines) is 1. The summed E-state index contributed by atoms with van der Waals surface area (Å²) in [4.78, 5) is 20.6. The van der Waals surface area contributed by atoms with Gasteiger partial charge in [0.05, 0.1) is 17.9 Å². The molecule has 1 aliphatic rings. The predicted octanol–water partition coefficient (Wildman–Crippen LogP) is 3.10. The quantitative estimate of drug-likeness (QED) is 0.745. The molecule has 0 saturated carbocycles. The van der Waals surface area contributed by atoms with E-state index in [1.54, 1.807) is 23.7 Å². The summed E-state index contributed by atoms with van der Waals surface area (Å²) in [5.41, 5.74) is 2.05. The molecule has 3 aromatic heterocycles. The normalized spacial score (nSPS) is 18.2. The SMILES string of the molecule is Cc1csc(Nc2nccnc2C2CCCN(Cc3nccn3C)C2)n1. The number of thiazole rings is 1. The fourth-order valence-corrected chi connectivity index (χ4v) is 4.11. The maximum atomic E-state index is 4.66. The molecule has 1 aliphatic heterocycles. The number of imidazole rings is 1. The molecule has 136 valence electrons. The number of piperidine rings is 1. The van der Waals surface area contributed by atoms with Gasteiger partial charge in [-0.2, -0.15) is 0 Å². The second-order valence-corrected chi connectivity index (χ2v) is 7.60. The summed E-state index contributed by atoms with van der Waals surface area (Å²) in [7, 11) is 2.05. The van der Waals surface area contributed by atoms with Crippen LogP contribution in [0.2, 0.25) is 0 Å². The van der Waals surface area contributed by atoms with Gasteiger partial charge in [0.1, 0.15) is 5.82 Å². The zero-order valence-electron chi connectivity index (χ0n) is 15.1. The van der Waals surface area contributed by atoms with Crippen LogP contribution in [-0.4, -0.2) is 42.5 Å². The van der Waals surface area contributed by atoms with Crippen molar-refractivity contribution in [1.82, 2.24) is 29.4 Å². The summed E-state index contributed by atoms with van der Waals surface area (Å²) < 4.78 is 2.09. The van der Waals surface area contributed by atoms with Crippen molar-refractivity contribution < 1.29 is 0 Å². The third kappa shape index (κ3) is 3.76. The van der Waals surface area contributed by atoms with Crippen LogP contribution in [-0.2, 0) is 13.6 Å². The summed E-state index contributed by atoms with van der Waals surface area (Å²) in [5.74, 6) is 2.29. The van der Waals surface area contributed by atoms with Gasteiger partial charge in [-0.25, -0.2) is 15.0 Å². The minimum atomic E-state index is 0.362. The lowest BCUT2D eigenvalue weighted by atomic mass is 9.94. The Kier molecular flexibility index (Phi) is 4.94. The van der Waals surface area contributed by atoms with Gasteiger partial charge >= 0.3 is 0 Å². The summed E-state index contributed by atoms with van der Waals surface area (Å²) in [6.07, 6.45) is 9.66. The zero-order chi connectivity index (χ0) is 17.9. The van der Waals surface area contributed by atoms with Crippen molar-refractivity contribution in [3.8, 4) is 0 Å². The van der Waals surface area contributed by atoms with Crippen molar-refractivity contribution in [2.45, 2.75) is 32.2 Å². The second kappa shape index (κ2) is 7.51. The van der Waals surface area contributed by atoms with Gasteiger partial charge in [-0.3, -0.25) is 9.88 Å².